The van der Waals surface area contributed by atoms with Gasteiger partial charge in [-0.2, -0.15) is 0 Å². The van der Waals surface area contributed by atoms with Gasteiger partial charge in [0.1, 0.15) is 11.6 Å². The Kier molecular flexibility index (Phi) is 7.35. The molecule has 6 heteroatoms. The van der Waals surface area contributed by atoms with Crippen LogP contribution in [-0.2, 0) is 24.3 Å². The summed E-state index contributed by atoms with van der Waals surface area (Å²) in [6, 6.07) is 11.4. The molecule has 2 aromatic carbocycles. The summed E-state index contributed by atoms with van der Waals surface area (Å²) in [5, 5.41) is 6.39. The number of hydrogen-bond donors (Lipinski definition) is 2. The molecular formula is C19H23F2N3O. The highest BCUT2D eigenvalue weighted by Gasteiger charge is 2.04. The Morgan fingerprint density at radius 1 is 1.04 bits per heavy atom. The van der Waals surface area contributed by atoms with Gasteiger partial charge in [-0.1, -0.05) is 18.2 Å². The van der Waals surface area contributed by atoms with E-state index in [1.54, 1.807) is 31.3 Å². The molecule has 2 rings (SSSR count). The number of halogens is 2. The van der Waals surface area contributed by atoms with E-state index in [0.29, 0.717) is 24.6 Å². The topological polar surface area (TPSA) is 45.7 Å². The van der Waals surface area contributed by atoms with Crippen molar-refractivity contribution in [1.82, 2.24) is 10.6 Å². The lowest BCUT2D eigenvalue weighted by atomic mass is 10.1. The number of ether oxygens (including phenoxy) is 1. The zero-order valence-corrected chi connectivity index (χ0v) is 14.5. The van der Waals surface area contributed by atoms with Crippen molar-refractivity contribution >= 4 is 5.96 Å². The van der Waals surface area contributed by atoms with Crippen LogP contribution in [0.2, 0.25) is 0 Å². The van der Waals surface area contributed by atoms with E-state index in [1.165, 1.54) is 25.3 Å². The summed E-state index contributed by atoms with van der Waals surface area (Å²) < 4.78 is 31.5. The van der Waals surface area contributed by atoms with E-state index in [0.717, 1.165) is 17.5 Å². The molecule has 2 aromatic rings. The van der Waals surface area contributed by atoms with Crippen molar-refractivity contribution in [1.29, 1.82) is 0 Å². The lowest BCUT2D eigenvalue weighted by Gasteiger charge is -2.13. The fourth-order valence-corrected chi connectivity index (χ4v) is 2.39. The highest BCUT2D eigenvalue weighted by molar-refractivity contribution is 5.79. The van der Waals surface area contributed by atoms with Gasteiger partial charge in [-0.25, -0.2) is 8.78 Å². The Balaban J connectivity index is 1.82. The van der Waals surface area contributed by atoms with E-state index in [-0.39, 0.29) is 18.2 Å². The van der Waals surface area contributed by atoms with Crippen molar-refractivity contribution in [3.63, 3.8) is 0 Å². The van der Waals surface area contributed by atoms with Gasteiger partial charge in [-0.3, -0.25) is 4.99 Å². The second-order valence-corrected chi connectivity index (χ2v) is 5.59. The van der Waals surface area contributed by atoms with Gasteiger partial charge in [0.2, 0.25) is 0 Å². The Bertz CT molecular complexity index is 702. The fourth-order valence-electron chi connectivity index (χ4n) is 2.39. The summed E-state index contributed by atoms with van der Waals surface area (Å²) in [6.45, 7) is 1.43. The van der Waals surface area contributed by atoms with Crippen LogP contribution in [0.25, 0.3) is 0 Å². The first-order valence-electron chi connectivity index (χ1n) is 8.07. The van der Waals surface area contributed by atoms with Gasteiger partial charge in [-0.15, -0.1) is 0 Å². The number of benzene rings is 2. The van der Waals surface area contributed by atoms with Crippen molar-refractivity contribution in [2.45, 2.75) is 19.6 Å². The molecule has 0 radical (unpaired) electrons. The van der Waals surface area contributed by atoms with E-state index in [2.05, 4.69) is 15.6 Å². The van der Waals surface area contributed by atoms with Crippen molar-refractivity contribution < 1.29 is 13.5 Å². The third-order valence-electron chi connectivity index (χ3n) is 3.71. The molecule has 0 aliphatic rings. The zero-order valence-electron chi connectivity index (χ0n) is 14.5. The van der Waals surface area contributed by atoms with Crippen LogP contribution in [0.5, 0.6) is 0 Å². The number of nitrogens with one attached hydrogen (secondary N) is 2. The third kappa shape index (κ3) is 6.15. The van der Waals surface area contributed by atoms with Crippen molar-refractivity contribution in [2.75, 3.05) is 20.7 Å². The minimum Gasteiger partial charge on any atom is -0.380 e. The zero-order chi connectivity index (χ0) is 18.1. The molecule has 0 aliphatic heterocycles. The number of aliphatic imine (C=N–C) groups is 1. The molecule has 0 unspecified atom stereocenters. The number of rotatable bonds is 7. The van der Waals surface area contributed by atoms with E-state index < -0.39 is 0 Å². The summed E-state index contributed by atoms with van der Waals surface area (Å²) in [5.41, 5.74) is 2.52. The van der Waals surface area contributed by atoms with Crippen LogP contribution >= 0.6 is 0 Å². The van der Waals surface area contributed by atoms with Crippen molar-refractivity contribution in [3.8, 4) is 0 Å². The van der Waals surface area contributed by atoms with Gasteiger partial charge >= 0.3 is 0 Å². The first-order valence-corrected chi connectivity index (χ1v) is 8.07. The second-order valence-electron chi connectivity index (χ2n) is 5.59. The molecule has 4 nitrogen and oxygen atoms in total. The molecule has 0 aliphatic carbocycles. The Hall–Kier alpha value is -2.47. The maximum Gasteiger partial charge on any atom is 0.191 e. The Morgan fingerprint density at radius 3 is 2.44 bits per heavy atom. The normalized spacial score (nSPS) is 11.4. The van der Waals surface area contributed by atoms with Crippen LogP contribution in [0.1, 0.15) is 16.7 Å². The highest BCUT2D eigenvalue weighted by atomic mass is 19.1. The van der Waals surface area contributed by atoms with Gasteiger partial charge in [0.05, 0.1) is 6.61 Å². The van der Waals surface area contributed by atoms with Gasteiger partial charge < -0.3 is 15.4 Å². The summed E-state index contributed by atoms with van der Waals surface area (Å²) in [6.07, 6.45) is 0.759. The van der Waals surface area contributed by atoms with Gasteiger partial charge in [-0.05, 0) is 41.8 Å². The van der Waals surface area contributed by atoms with Crippen LogP contribution in [0.3, 0.4) is 0 Å². The molecule has 0 aromatic heterocycles. The third-order valence-corrected chi connectivity index (χ3v) is 3.71. The molecule has 0 bridgehead atoms. The quantitative estimate of drug-likeness (QED) is 0.598. The summed E-state index contributed by atoms with van der Waals surface area (Å²) >= 11 is 0. The predicted octanol–water partition coefficient (Wildman–Crippen LogP) is 3.02. The van der Waals surface area contributed by atoms with Crippen LogP contribution < -0.4 is 10.6 Å². The number of methoxy groups -OCH3 is 1. The number of nitrogens with zero attached hydrogens (tertiary/aromatic N) is 1. The standard InChI is InChI=1S/C19H23F2N3O/c1-22-19(23-10-9-14-3-6-17(20)7-4-14)24-12-15-5-8-18(21)16(11-15)13-25-2/h3-8,11H,9-10,12-13H2,1-2H3,(H2,22,23,24). The first kappa shape index (κ1) is 18.9. The maximum absolute atomic E-state index is 13.6. The van der Waals surface area contributed by atoms with Crippen LogP contribution in [0, 0.1) is 11.6 Å². The molecule has 0 amide bonds. The number of hydrogen-bond acceptors (Lipinski definition) is 2. The predicted molar refractivity (Wildman–Crippen MR) is 95.4 cm³/mol. The molecule has 0 spiro atoms. The highest BCUT2D eigenvalue weighted by Crippen LogP contribution is 2.11. The molecule has 0 saturated carbocycles. The maximum atomic E-state index is 13.6. The molecule has 0 fully saturated rings. The Morgan fingerprint density at radius 2 is 1.76 bits per heavy atom. The van der Waals surface area contributed by atoms with E-state index in [4.69, 9.17) is 4.74 Å². The smallest absolute Gasteiger partial charge is 0.191 e. The first-order chi connectivity index (χ1) is 12.1. The minimum absolute atomic E-state index is 0.235. The average Bonchev–Trinajstić information content (AvgIpc) is 2.62. The fraction of sp³-hybridized carbons (Fsp3) is 0.316. The molecule has 0 saturated heterocycles. The molecule has 2 N–H and O–H groups in total. The molecule has 134 valence electrons. The molecule has 0 atom stereocenters. The summed E-state index contributed by atoms with van der Waals surface area (Å²) in [7, 11) is 3.23. The minimum atomic E-state index is -0.271. The number of guanidine groups is 1. The molecule has 0 heterocycles. The van der Waals surface area contributed by atoms with E-state index in [1.807, 2.05) is 0 Å². The van der Waals surface area contributed by atoms with Crippen molar-refractivity contribution in [2.24, 2.45) is 4.99 Å². The van der Waals surface area contributed by atoms with Gasteiger partial charge in [0.25, 0.3) is 0 Å². The lowest BCUT2D eigenvalue weighted by Crippen LogP contribution is -2.37. The molecule has 25 heavy (non-hydrogen) atoms. The second kappa shape index (κ2) is 9.74. The van der Waals surface area contributed by atoms with Gasteiger partial charge in [0.15, 0.2) is 5.96 Å². The van der Waals surface area contributed by atoms with Crippen molar-refractivity contribution in [3.05, 3.63) is 70.8 Å². The van der Waals surface area contributed by atoms with E-state index >= 15 is 0 Å². The Labute approximate surface area is 146 Å². The summed E-state index contributed by atoms with van der Waals surface area (Å²) in [4.78, 5) is 4.16. The van der Waals surface area contributed by atoms with Crippen LogP contribution in [0.15, 0.2) is 47.5 Å². The van der Waals surface area contributed by atoms with Crippen LogP contribution in [0.4, 0.5) is 8.78 Å². The molecular weight excluding hydrogens is 324 g/mol. The van der Waals surface area contributed by atoms with E-state index in [9.17, 15) is 8.78 Å². The van der Waals surface area contributed by atoms with Gasteiger partial charge in [0, 0.05) is 32.8 Å². The largest absolute Gasteiger partial charge is 0.380 e. The van der Waals surface area contributed by atoms with Crippen LogP contribution in [-0.4, -0.2) is 26.7 Å². The SMILES string of the molecule is CN=C(NCCc1ccc(F)cc1)NCc1ccc(F)c(COC)c1. The monoisotopic (exact) mass is 347 g/mol. The average molecular weight is 347 g/mol. The lowest BCUT2D eigenvalue weighted by molar-refractivity contribution is 0.181. The summed E-state index contributed by atoms with van der Waals surface area (Å²) in [5.74, 6) is 0.147.